The molecule has 0 saturated heterocycles. The highest BCUT2D eigenvalue weighted by Gasteiger charge is 2.53. The SMILES string of the molecule is COc1cccc(OC)c1C1(C(N)=O)CC1. The first-order valence-electron chi connectivity index (χ1n) is 5.17. The summed E-state index contributed by atoms with van der Waals surface area (Å²) < 4.78 is 10.6. The van der Waals surface area contributed by atoms with Crippen molar-refractivity contribution >= 4 is 5.91 Å². The summed E-state index contributed by atoms with van der Waals surface area (Å²) in [5, 5.41) is 0. The molecule has 16 heavy (non-hydrogen) atoms. The molecule has 4 heteroatoms. The first kappa shape index (κ1) is 10.8. The van der Waals surface area contributed by atoms with Crippen molar-refractivity contribution in [3.05, 3.63) is 23.8 Å². The Morgan fingerprint density at radius 2 is 1.75 bits per heavy atom. The third-order valence-corrected chi connectivity index (χ3v) is 3.13. The van der Waals surface area contributed by atoms with Crippen LogP contribution in [0.1, 0.15) is 18.4 Å². The molecule has 1 aromatic carbocycles. The zero-order chi connectivity index (χ0) is 11.8. The maximum Gasteiger partial charge on any atom is 0.228 e. The van der Waals surface area contributed by atoms with Gasteiger partial charge >= 0.3 is 0 Å². The summed E-state index contributed by atoms with van der Waals surface area (Å²) in [6.07, 6.45) is 1.53. The van der Waals surface area contributed by atoms with Crippen LogP contribution >= 0.6 is 0 Å². The number of benzene rings is 1. The van der Waals surface area contributed by atoms with Gasteiger partial charge in [-0.05, 0) is 25.0 Å². The highest BCUT2D eigenvalue weighted by atomic mass is 16.5. The van der Waals surface area contributed by atoms with E-state index in [1.165, 1.54) is 0 Å². The van der Waals surface area contributed by atoms with Gasteiger partial charge in [0.25, 0.3) is 0 Å². The molecule has 1 aromatic rings. The van der Waals surface area contributed by atoms with Gasteiger partial charge in [0.05, 0.1) is 25.2 Å². The lowest BCUT2D eigenvalue weighted by atomic mass is 9.93. The molecule has 1 saturated carbocycles. The lowest BCUT2D eigenvalue weighted by Crippen LogP contribution is -2.29. The van der Waals surface area contributed by atoms with E-state index in [9.17, 15) is 4.79 Å². The molecule has 0 bridgehead atoms. The molecule has 1 amide bonds. The van der Waals surface area contributed by atoms with E-state index in [1.54, 1.807) is 14.2 Å². The Balaban J connectivity index is 2.57. The van der Waals surface area contributed by atoms with Gasteiger partial charge in [-0.2, -0.15) is 0 Å². The molecule has 4 nitrogen and oxygen atoms in total. The Labute approximate surface area is 94.3 Å². The monoisotopic (exact) mass is 221 g/mol. The van der Waals surface area contributed by atoms with Crippen molar-refractivity contribution in [1.82, 2.24) is 0 Å². The summed E-state index contributed by atoms with van der Waals surface area (Å²) >= 11 is 0. The average Bonchev–Trinajstić information content (AvgIpc) is 3.09. The van der Waals surface area contributed by atoms with Crippen molar-refractivity contribution in [2.75, 3.05) is 14.2 Å². The smallest absolute Gasteiger partial charge is 0.228 e. The zero-order valence-corrected chi connectivity index (χ0v) is 9.45. The van der Waals surface area contributed by atoms with E-state index in [4.69, 9.17) is 15.2 Å². The number of carbonyl (C=O) groups excluding carboxylic acids is 1. The van der Waals surface area contributed by atoms with Crippen LogP contribution in [-0.4, -0.2) is 20.1 Å². The number of primary amides is 1. The van der Waals surface area contributed by atoms with Gasteiger partial charge in [-0.1, -0.05) is 6.07 Å². The molecule has 0 aromatic heterocycles. The largest absolute Gasteiger partial charge is 0.496 e. The lowest BCUT2D eigenvalue weighted by Gasteiger charge is -2.18. The van der Waals surface area contributed by atoms with E-state index in [2.05, 4.69) is 0 Å². The molecule has 2 N–H and O–H groups in total. The maximum atomic E-state index is 11.5. The Hall–Kier alpha value is -1.71. The fourth-order valence-corrected chi connectivity index (χ4v) is 2.07. The minimum Gasteiger partial charge on any atom is -0.496 e. The van der Waals surface area contributed by atoms with Crippen LogP contribution in [0.15, 0.2) is 18.2 Å². The number of hydrogen-bond donors (Lipinski definition) is 1. The average molecular weight is 221 g/mol. The van der Waals surface area contributed by atoms with E-state index < -0.39 is 5.41 Å². The molecule has 0 aliphatic heterocycles. The van der Waals surface area contributed by atoms with E-state index in [1.807, 2.05) is 18.2 Å². The third kappa shape index (κ3) is 1.41. The molecule has 0 atom stereocenters. The third-order valence-electron chi connectivity index (χ3n) is 3.13. The molecule has 86 valence electrons. The van der Waals surface area contributed by atoms with Crippen molar-refractivity contribution in [3.8, 4) is 11.5 Å². The second-order valence-corrected chi connectivity index (χ2v) is 3.98. The minimum atomic E-state index is -0.585. The molecule has 1 aliphatic carbocycles. The van der Waals surface area contributed by atoms with Crippen LogP contribution in [-0.2, 0) is 10.2 Å². The van der Waals surface area contributed by atoms with E-state index in [0.717, 1.165) is 18.4 Å². The summed E-state index contributed by atoms with van der Waals surface area (Å²) in [6, 6.07) is 5.47. The van der Waals surface area contributed by atoms with Gasteiger partial charge in [-0.25, -0.2) is 0 Å². The topological polar surface area (TPSA) is 61.6 Å². The summed E-state index contributed by atoms with van der Waals surface area (Å²) in [6.45, 7) is 0. The normalized spacial score (nSPS) is 16.6. The van der Waals surface area contributed by atoms with E-state index in [0.29, 0.717) is 11.5 Å². The molecule has 1 fully saturated rings. The number of rotatable bonds is 4. The van der Waals surface area contributed by atoms with E-state index in [-0.39, 0.29) is 5.91 Å². The van der Waals surface area contributed by atoms with Crippen LogP contribution in [0.2, 0.25) is 0 Å². The molecular weight excluding hydrogens is 206 g/mol. The highest BCUT2D eigenvalue weighted by Crippen LogP contribution is 2.54. The van der Waals surface area contributed by atoms with Crippen LogP contribution in [0.25, 0.3) is 0 Å². The zero-order valence-electron chi connectivity index (χ0n) is 9.45. The van der Waals surface area contributed by atoms with Gasteiger partial charge in [0.1, 0.15) is 11.5 Å². The summed E-state index contributed by atoms with van der Waals surface area (Å²) in [5.74, 6) is 1.02. The van der Waals surface area contributed by atoms with Gasteiger partial charge in [-0.15, -0.1) is 0 Å². The number of carbonyl (C=O) groups is 1. The van der Waals surface area contributed by atoms with Crippen LogP contribution in [0, 0.1) is 0 Å². The molecule has 1 aliphatic rings. The molecule has 0 unspecified atom stereocenters. The predicted octanol–water partition coefficient (Wildman–Crippen LogP) is 1.22. The van der Waals surface area contributed by atoms with Crippen molar-refractivity contribution in [2.45, 2.75) is 18.3 Å². The standard InChI is InChI=1S/C12H15NO3/c1-15-8-4-3-5-9(16-2)10(8)12(6-7-12)11(13)14/h3-5H,6-7H2,1-2H3,(H2,13,14). The van der Waals surface area contributed by atoms with E-state index >= 15 is 0 Å². The van der Waals surface area contributed by atoms with Crippen LogP contribution in [0.5, 0.6) is 11.5 Å². The first-order chi connectivity index (χ1) is 7.65. The van der Waals surface area contributed by atoms with Gasteiger partial charge in [-0.3, -0.25) is 4.79 Å². The molecule has 0 heterocycles. The summed E-state index contributed by atoms with van der Waals surface area (Å²) in [7, 11) is 3.16. The van der Waals surface area contributed by atoms with Gasteiger partial charge in [0, 0.05) is 0 Å². The Morgan fingerprint density at radius 3 is 2.06 bits per heavy atom. The second-order valence-electron chi connectivity index (χ2n) is 3.98. The molecule has 0 spiro atoms. The van der Waals surface area contributed by atoms with Crippen molar-refractivity contribution in [3.63, 3.8) is 0 Å². The van der Waals surface area contributed by atoms with Crippen molar-refractivity contribution in [1.29, 1.82) is 0 Å². The molecular formula is C12H15NO3. The molecule has 2 rings (SSSR count). The van der Waals surface area contributed by atoms with Gasteiger partial charge in [0.2, 0.25) is 5.91 Å². The number of amides is 1. The Bertz CT molecular complexity index is 402. The predicted molar refractivity (Wildman–Crippen MR) is 59.7 cm³/mol. The van der Waals surface area contributed by atoms with Crippen molar-refractivity contribution in [2.24, 2.45) is 5.73 Å². The fraction of sp³-hybridized carbons (Fsp3) is 0.417. The quantitative estimate of drug-likeness (QED) is 0.831. The first-order valence-corrected chi connectivity index (χ1v) is 5.17. The minimum absolute atomic E-state index is 0.310. The lowest BCUT2D eigenvalue weighted by molar-refractivity contribution is -0.120. The van der Waals surface area contributed by atoms with Crippen molar-refractivity contribution < 1.29 is 14.3 Å². The number of nitrogens with two attached hydrogens (primary N) is 1. The second kappa shape index (κ2) is 3.70. The summed E-state index contributed by atoms with van der Waals surface area (Å²) in [4.78, 5) is 11.5. The molecule has 0 radical (unpaired) electrons. The number of hydrogen-bond acceptors (Lipinski definition) is 3. The highest BCUT2D eigenvalue weighted by molar-refractivity contribution is 5.91. The maximum absolute atomic E-state index is 11.5. The number of ether oxygens (including phenoxy) is 2. The van der Waals surface area contributed by atoms with Gasteiger partial charge in [0.15, 0.2) is 0 Å². The Morgan fingerprint density at radius 1 is 1.25 bits per heavy atom. The van der Waals surface area contributed by atoms with Crippen LogP contribution in [0.3, 0.4) is 0 Å². The van der Waals surface area contributed by atoms with Crippen LogP contribution < -0.4 is 15.2 Å². The number of methoxy groups -OCH3 is 2. The fourth-order valence-electron chi connectivity index (χ4n) is 2.07. The summed E-state index contributed by atoms with van der Waals surface area (Å²) in [5.41, 5.74) is 5.66. The van der Waals surface area contributed by atoms with Crippen LogP contribution in [0.4, 0.5) is 0 Å². The Kier molecular flexibility index (Phi) is 2.50. The van der Waals surface area contributed by atoms with Gasteiger partial charge < -0.3 is 15.2 Å².